The van der Waals surface area contributed by atoms with Crippen LogP contribution in [0.25, 0.3) is 0 Å². The number of rotatable bonds is 2. The first-order chi connectivity index (χ1) is 7.77. The van der Waals surface area contributed by atoms with Crippen LogP contribution in [0.2, 0.25) is 0 Å². The molecule has 92 valence electrons. The van der Waals surface area contributed by atoms with Gasteiger partial charge < -0.3 is 5.73 Å². The van der Waals surface area contributed by atoms with Crippen molar-refractivity contribution in [3.8, 4) is 0 Å². The molecule has 0 amide bonds. The highest BCUT2D eigenvalue weighted by Gasteiger charge is 2.39. The van der Waals surface area contributed by atoms with Crippen LogP contribution < -0.4 is 5.73 Å². The third-order valence-corrected chi connectivity index (χ3v) is 5.23. The van der Waals surface area contributed by atoms with E-state index in [1.54, 1.807) is 0 Å². The Bertz CT molecular complexity index is 245. The number of fused-ring (bicyclic) bond motifs is 1. The number of likely N-dealkylation sites (tertiary alicyclic amines) is 1. The van der Waals surface area contributed by atoms with Crippen molar-refractivity contribution in [2.24, 2.45) is 11.7 Å². The normalized spacial score (nSPS) is 38.8. The van der Waals surface area contributed by atoms with Crippen LogP contribution >= 0.6 is 0 Å². The zero-order chi connectivity index (χ0) is 11.0. The van der Waals surface area contributed by atoms with Crippen LogP contribution in [0.4, 0.5) is 0 Å². The first kappa shape index (κ1) is 11.0. The predicted octanol–water partition coefficient (Wildman–Crippen LogP) is 2.52. The fourth-order valence-corrected chi connectivity index (χ4v) is 4.40. The van der Waals surface area contributed by atoms with Gasteiger partial charge in [0.25, 0.3) is 0 Å². The van der Waals surface area contributed by atoms with Crippen molar-refractivity contribution in [1.29, 1.82) is 0 Å². The molecule has 0 bridgehead atoms. The molecule has 0 aromatic carbocycles. The van der Waals surface area contributed by atoms with Gasteiger partial charge in [-0.25, -0.2) is 0 Å². The third kappa shape index (κ3) is 2.02. The van der Waals surface area contributed by atoms with Crippen molar-refractivity contribution in [3.63, 3.8) is 0 Å². The molecule has 2 nitrogen and oxygen atoms in total. The molecule has 2 N–H and O–H groups in total. The van der Waals surface area contributed by atoms with E-state index in [0.717, 1.165) is 12.0 Å². The number of hydrogen-bond donors (Lipinski definition) is 1. The summed E-state index contributed by atoms with van der Waals surface area (Å²) in [5, 5.41) is 0. The van der Waals surface area contributed by atoms with Crippen LogP contribution in [-0.4, -0.2) is 29.6 Å². The van der Waals surface area contributed by atoms with E-state index >= 15 is 0 Å². The van der Waals surface area contributed by atoms with Crippen LogP contribution in [0.5, 0.6) is 0 Å². The lowest BCUT2D eigenvalue weighted by molar-refractivity contribution is 0.0869. The molecular weight excluding hydrogens is 196 g/mol. The number of nitrogens with zero attached hydrogens (tertiary/aromatic N) is 1. The summed E-state index contributed by atoms with van der Waals surface area (Å²) in [6.07, 6.45) is 12.5. The second-order valence-electron chi connectivity index (χ2n) is 6.44. The van der Waals surface area contributed by atoms with E-state index in [2.05, 4.69) is 4.90 Å². The van der Waals surface area contributed by atoms with Crippen LogP contribution in [0.3, 0.4) is 0 Å². The topological polar surface area (TPSA) is 29.3 Å². The van der Waals surface area contributed by atoms with Crippen LogP contribution in [0.15, 0.2) is 0 Å². The summed E-state index contributed by atoms with van der Waals surface area (Å²) >= 11 is 0. The monoisotopic (exact) mass is 222 g/mol. The summed E-state index contributed by atoms with van der Waals surface area (Å²) in [6.45, 7) is 2.51. The van der Waals surface area contributed by atoms with Gasteiger partial charge in [0.2, 0.25) is 0 Å². The molecule has 2 heteroatoms. The standard InChI is InChI=1S/C14H26N2/c15-14(8-1-2-9-14)11-16-10-4-6-12-5-3-7-13(12)16/h12-13H,1-11,15H2. The van der Waals surface area contributed by atoms with E-state index in [9.17, 15) is 0 Å². The fourth-order valence-electron chi connectivity index (χ4n) is 4.40. The minimum absolute atomic E-state index is 0.171. The van der Waals surface area contributed by atoms with Gasteiger partial charge in [-0.15, -0.1) is 0 Å². The number of hydrogen-bond acceptors (Lipinski definition) is 2. The second-order valence-corrected chi connectivity index (χ2v) is 6.44. The van der Waals surface area contributed by atoms with Crippen molar-refractivity contribution < 1.29 is 0 Å². The number of nitrogens with two attached hydrogens (primary N) is 1. The molecule has 1 heterocycles. The minimum atomic E-state index is 0.171. The van der Waals surface area contributed by atoms with Crippen molar-refractivity contribution in [3.05, 3.63) is 0 Å². The Morgan fingerprint density at radius 3 is 2.56 bits per heavy atom. The van der Waals surface area contributed by atoms with Gasteiger partial charge in [0.15, 0.2) is 0 Å². The van der Waals surface area contributed by atoms with Gasteiger partial charge in [-0.2, -0.15) is 0 Å². The molecular formula is C14H26N2. The van der Waals surface area contributed by atoms with Gasteiger partial charge in [-0.1, -0.05) is 19.3 Å². The molecule has 16 heavy (non-hydrogen) atoms. The minimum Gasteiger partial charge on any atom is -0.324 e. The zero-order valence-corrected chi connectivity index (χ0v) is 10.5. The predicted molar refractivity (Wildman–Crippen MR) is 67.3 cm³/mol. The molecule has 0 aromatic heterocycles. The first-order valence-corrected chi connectivity index (χ1v) is 7.30. The third-order valence-electron chi connectivity index (χ3n) is 5.23. The van der Waals surface area contributed by atoms with E-state index in [-0.39, 0.29) is 5.54 Å². The Labute approximate surface area is 99.6 Å². The van der Waals surface area contributed by atoms with E-state index < -0.39 is 0 Å². The largest absolute Gasteiger partial charge is 0.324 e. The molecule has 2 atom stereocenters. The maximum absolute atomic E-state index is 6.53. The summed E-state index contributed by atoms with van der Waals surface area (Å²) < 4.78 is 0. The average molecular weight is 222 g/mol. The average Bonchev–Trinajstić information content (AvgIpc) is 2.87. The molecule has 1 aliphatic heterocycles. The second kappa shape index (κ2) is 4.30. The SMILES string of the molecule is NC1(CN2CCCC3CCCC32)CCCC1. The highest BCUT2D eigenvalue weighted by Crippen LogP contribution is 2.38. The fraction of sp³-hybridized carbons (Fsp3) is 1.00. The van der Waals surface area contributed by atoms with E-state index in [4.69, 9.17) is 5.73 Å². The molecule has 2 unspecified atom stereocenters. The Balaban J connectivity index is 1.64. The van der Waals surface area contributed by atoms with Crippen molar-refractivity contribution in [2.75, 3.05) is 13.1 Å². The summed E-state index contributed by atoms with van der Waals surface area (Å²) in [7, 11) is 0. The van der Waals surface area contributed by atoms with Crippen LogP contribution in [0, 0.1) is 5.92 Å². The maximum atomic E-state index is 6.53. The molecule has 0 spiro atoms. The van der Waals surface area contributed by atoms with Crippen molar-refractivity contribution in [2.45, 2.75) is 69.4 Å². The summed E-state index contributed by atoms with van der Waals surface area (Å²) in [6, 6.07) is 0.898. The Morgan fingerprint density at radius 2 is 1.75 bits per heavy atom. The highest BCUT2D eigenvalue weighted by molar-refractivity contribution is 4.97. The lowest BCUT2D eigenvalue weighted by Gasteiger charge is -2.42. The summed E-state index contributed by atoms with van der Waals surface area (Å²) in [5.74, 6) is 1.01. The molecule has 0 radical (unpaired) electrons. The summed E-state index contributed by atoms with van der Waals surface area (Å²) in [4.78, 5) is 2.76. The molecule has 0 aromatic rings. The van der Waals surface area contributed by atoms with Crippen LogP contribution in [0.1, 0.15) is 57.8 Å². The van der Waals surface area contributed by atoms with Gasteiger partial charge in [0.1, 0.15) is 0 Å². The van der Waals surface area contributed by atoms with E-state index in [1.807, 2.05) is 0 Å². The Morgan fingerprint density at radius 1 is 1.00 bits per heavy atom. The highest BCUT2D eigenvalue weighted by atomic mass is 15.2. The van der Waals surface area contributed by atoms with Crippen molar-refractivity contribution >= 4 is 0 Å². The molecule has 3 aliphatic rings. The molecule has 3 fully saturated rings. The Hall–Kier alpha value is -0.0800. The van der Waals surface area contributed by atoms with E-state index in [1.165, 1.54) is 70.9 Å². The maximum Gasteiger partial charge on any atom is 0.0283 e. The quantitative estimate of drug-likeness (QED) is 0.778. The van der Waals surface area contributed by atoms with E-state index in [0.29, 0.717) is 0 Å². The first-order valence-electron chi connectivity index (χ1n) is 7.30. The van der Waals surface area contributed by atoms with Gasteiger partial charge in [-0.05, 0) is 51.0 Å². The van der Waals surface area contributed by atoms with Crippen molar-refractivity contribution in [1.82, 2.24) is 4.90 Å². The lowest BCUT2D eigenvalue weighted by atomic mass is 9.89. The van der Waals surface area contributed by atoms with Crippen LogP contribution in [-0.2, 0) is 0 Å². The smallest absolute Gasteiger partial charge is 0.0283 e. The molecule has 1 saturated heterocycles. The zero-order valence-electron chi connectivity index (χ0n) is 10.5. The summed E-state index contributed by atoms with van der Waals surface area (Å²) in [5.41, 5.74) is 6.70. The Kier molecular flexibility index (Phi) is 2.97. The lowest BCUT2D eigenvalue weighted by Crippen LogP contribution is -2.53. The number of piperidine rings is 1. The molecule has 2 saturated carbocycles. The molecule has 3 rings (SSSR count). The van der Waals surface area contributed by atoms with Gasteiger partial charge in [-0.3, -0.25) is 4.90 Å². The van der Waals surface area contributed by atoms with Gasteiger partial charge >= 0.3 is 0 Å². The van der Waals surface area contributed by atoms with Gasteiger partial charge in [0.05, 0.1) is 0 Å². The van der Waals surface area contributed by atoms with Gasteiger partial charge in [0, 0.05) is 18.1 Å². The molecule has 2 aliphatic carbocycles.